The van der Waals surface area contributed by atoms with Crippen LogP contribution in [0.4, 0.5) is 0 Å². The third-order valence-corrected chi connectivity index (χ3v) is 8.70. The number of halogens is 5. The van der Waals surface area contributed by atoms with Gasteiger partial charge in [-0.05, 0) is 112 Å². The van der Waals surface area contributed by atoms with E-state index in [0.29, 0.717) is 0 Å². The third kappa shape index (κ3) is 18.2. The monoisotopic (exact) mass is 968 g/mol. The Labute approximate surface area is 337 Å². The van der Waals surface area contributed by atoms with Crippen molar-refractivity contribution < 1.29 is 17.3 Å². The molecule has 0 aliphatic heterocycles. The Kier molecular flexibility index (Phi) is 20.4. The van der Waals surface area contributed by atoms with Gasteiger partial charge in [0.25, 0.3) is 0 Å². The molecule has 0 saturated carbocycles. The molecule has 2 nitrogen and oxygen atoms in total. The second-order valence-corrected chi connectivity index (χ2v) is 17.3. The molecule has 5 aromatic rings. The van der Waals surface area contributed by atoms with Gasteiger partial charge in [-0.3, -0.25) is 4.98 Å². The van der Waals surface area contributed by atoms with Crippen molar-refractivity contribution in [2.24, 2.45) is 0 Å². The van der Waals surface area contributed by atoms with Crippen molar-refractivity contribution >= 4 is 73.4 Å². The molecule has 0 spiro atoms. The zero-order valence-corrected chi connectivity index (χ0v) is 39.5. The van der Waals surface area contributed by atoms with Gasteiger partial charge in [-0.2, -0.15) is 35.9 Å². The normalized spacial score (nSPS) is 10.8. The maximum absolute atomic E-state index is 4.76. The van der Waals surface area contributed by atoms with Gasteiger partial charge < -0.3 is 0 Å². The molecule has 0 fully saturated rings. The number of aromatic nitrogens is 2. The van der Waals surface area contributed by atoms with Crippen LogP contribution in [0.1, 0.15) is 79.0 Å². The van der Waals surface area contributed by atoms with E-state index in [9.17, 15) is 0 Å². The van der Waals surface area contributed by atoms with E-state index in [1.807, 2.05) is 42.6 Å². The molecule has 0 amide bonds. The molecule has 3 aromatic carbocycles. The van der Waals surface area contributed by atoms with Crippen molar-refractivity contribution in [3.8, 4) is 11.3 Å². The molecule has 0 unspecified atom stereocenters. The molecule has 0 aliphatic rings. The minimum atomic E-state index is 0.200. The van der Waals surface area contributed by atoms with E-state index in [2.05, 4.69) is 203 Å². The molecule has 0 saturated heterocycles. The number of benzene rings is 3. The molecule has 0 aliphatic carbocycles. The van der Waals surface area contributed by atoms with Crippen LogP contribution in [-0.4, -0.2) is 9.97 Å². The molecular formula is C40H45Br4ClN2Zn. The van der Waals surface area contributed by atoms with E-state index < -0.39 is 0 Å². The number of rotatable bonds is 1. The first-order valence-electron chi connectivity index (χ1n) is 15.3. The molecule has 252 valence electrons. The third-order valence-electron chi connectivity index (χ3n) is 6.76. The summed E-state index contributed by atoms with van der Waals surface area (Å²) in [5.74, 6) is 0. The van der Waals surface area contributed by atoms with Gasteiger partial charge in [-0.25, -0.2) is 4.98 Å². The first-order valence-corrected chi connectivity index (χ1v) is 22.4. The summed E-state index contributed by atoms with van der Waals surface area (Å²) in [6.07, 6.45) is 3.57. The summed E-state index contributed by atoms with van der Waals surface area (Å²) in [5.41, 5.74) is 6.99. The Balaban J connectivity index is 0.000000327. The second kappa shape index (κ2) is 21.9. The van der Waals surface area contributed by atoms with Gasteiger partial charge in [0.05, 0.1) is 5.69 Å². The van der Waals surface area contributed by atoms with Crippen LogP contribution in [-0.2, 0) is 33.6 Å². The van der Waals surface area contributed by atoms with Crippen molar-refractivity contribution in [2.75, 3.05) is 0 Å². The molecule has 2 aromatic heterocycles. The van der Waals surface area contributed by atoms with Crippen molar-refractivity contribution in [1.29, 1.82) is 0 Å². The van der Waals surface area contributed by atoms with Crippen LogP contribution >= 0.6 is 73.4 Å². The van der Waals surface area contributed by atoms with Gasteiger partial charge in [0.15, 0.2) is 0 Å². The quantitative estimate of drug-likeness (QED) is 0.0950. The molecule has 48 heavy (non-hydrogen) atoms. The van der Waals surface area contributed by atoms with Gasteiger partial charge in [0.1, 0.15) is 4.60 Å². The van der Waals surface area contributed by atoms with Crippen LogP contribution in [0, 0.1) is 6.07 Å². The summed E-state index contributed by atoms with van der Waals surface area (Å²) in [4.78, 5) is 8.34. The fourth-order valence-corrected chi connectivity index (χ4v) is 4.85. The topological polar surface area (TPSA) is 25.8 Å². The van der Waals surface area contributed by atoms with E-state index in [1.54, 1.807) is 6.20 Å². The van der Waals surface area contributed by atoms with Crippen molar-refractivity contribution in [3.05, 3.63) is 150 Å². The average molecular weight is 974 g/mol. The summed E-state index contributed by atoms with van der Waals surface area (Å²) in [6.45, 7) is 20.0. The minimum absolute atomic E-state index is 0.200. The van der Waals surface area contributed by atoms with Crippen LogP contribution < -0.4 is 0 Å². The fourth-order valence-electron chi connectivity index (χ4n) is 3.88. The van der Waals surface area contributed by atoms with E-state index in [-0.39, 0.29) is 16.2 Å². The molecule has 0 bridgehead atoms. The zero-order valence-electron chi connectivity index (χ0n) is 29.4. The molecule has 8 heteroatoms. The van der Waals surface area contributed by atoms with Crippen LogP contribution in [0.2, 0.25) is 0 Å². The van der Waals surface area contributed by atoms with Gasteiger partial charge in [-0.15, -0.1) is 0 Å². The van der Waals surface area contributed by atoms with Crippen molar-refractivity contribution in [1.82, 2.24) is 9.97 Å². The van der Waals surface area contributed by atoms with Crippen LogP contribution in [0.5, 0.6) is 0 Å². The van der Waals surface area contributed by atoms with E-state index >= 15 is 0 Å². The standard InChI is InChI=1S/C15H16BrN.C10H13Br.C10H13.C5H3Br2N.ClH.Zn/c1-15(2,3)12-6-4-11(5-7-12)14-9-8-13(16)10-17-14;1-10(2,3)8-4-6-9(11)7-5-8;1-10(2,3)9-7-5-4-6-8-9;6-4-1-2-5(7)8-3-4;;/h4-10H,1-3H3;4-7H,1-3H3;5-8H,1-3H3;1-3H;1H;/q;;-1;;;+2/p-1. The summed E-state index contributed by atoms with van der Waals surface area (Å²) >= 11 is 14.1. The van der Waals surface area contributed by atoms with Gasteiger partial charge >= 0.3 is 27.0 Å². The SMILES string of the molecule is Brc1ccc(Br)nc1.CC(C)(C)c1cc[c-]cc1.CC(C)(C)c1ccc(-c2ccc(Br)cn2)cc1.CC(C)(C)c1ccc(Br)cc1.[Cl][Zn+]. The number of nitrogens with zero attached hydrogens (tertiary/aromatic N) is 2. The molecular weight excluding hydrogens is 929 g/mol. The molecule has 2 heterocycles. The Hall–Kier alpha value is -1.21. The zero-order chi connectivity index (χ0) is 36.5. The first-order chi connectivity index (χ1) is 22.4. The second-order valence-electron chi connectivity index (χ2n) is 13.8. The van der Waals surface area contributed by atoms with Gasteiger partial charge in [-0.1, -0.05) is 115 Å². The predicted molar refractivity (Wildman–Crippen MR) is 218 cm³/mol. The fraction of sp³-hybridized carbons (Fsp3) is 0.300. The van der Waals surface area contributed by atoms with Crippen molar-refractivity contribution in [3.63, 3.8) is 0 Å². The predicted octanol–water partition coefficient (Wildman–Crippen LogP) is 14.6. The van der Waals surface area contributed by atoms with E-state index in [1.165, 1.54) is 16.7 Å². The Bertz CT molecular complexity index is 1550. The first kappa shape index (κ1) is 44.8. The summed E-state index contributed by atoms with van der Waals surface area (Å²) < 4.78 is 4.01. The van der Waals surface area contributed by atoms with Gasteiger partial charge in [0.2, 0.25) is 0 Å². The maximum atomic E-state index is 4.76. The molecule has 5 rings (SSSR count). The van der Waals surface area contributed by atoms with Crippen LogP contribution in [0.3, 0.4) is 0 Å². The molecule has 0 atom stereocenters. The Morgan fingerprint density at radius 3 is 1.19 bits per heavy atom. The number of hydrogen-bond acceptors (Lipinski definition) is 2. The molecule has 0 radical (unpaired) electrons. The average Bonchev–Trinajstić information content (AvgIpc) is 3.04. The van der Waals surface area contributed by atoms with E-state index in [4.69, 9.17) is 9.69 Å². The summed E-state index contributed by atoms with van der Waals surface area (Å²) in [7, 11) is 4.76. The van der Waals surface area contributed by atoms with Gasteiger partial charge in [0, 0.05) is 31.4 Å². The number of hydrogen-bond donors (Lipinski definition) is 0. The van der Waals surface area contributed by atoms with E-state index in [0.717, 1.165) is 46.6 Å². The molecule has 0 N–H and O–H groups in total. The summed E-state index contributed by atoms with van der Waals surface area (Å²) in [6, 6.07) is 36.1. The van der Waals surface area contributed by atoms with Crippen molar-refractivity contribution in [2.45, 2.75) is 78.6 Å². The Morgan fingerprint density at radius 1 is 0.479 bits per heavy atom. The van der Waals surface area contributed by atoms with Crippen LogP contribution in [0.25, 0.3) is 11.3 Å². The number of pyridine rings is 2. The summed E-state index contributed by atoms with van der Waals surface area (Å²) in [5, 5.41) is 0. The Morgan fingerprint density at radius 2 is 0.854 bits per heavy atom. The van der Waals surface area contributed by atoms with Crippen LogP contribution in [0.15, 0.2) is 127 Å².